The first-order valence-corrected chi connectivity index (χ1v) is 33.4. The summed E-state index contributed by atoms with van der Waals surface area (Å²) >= 11 is 0. The fourth-order valence-electron chi connectivity index (χ4n) is 11.1. The van der Waals surface area contributed by atoms with Gasteiger partial charge in [0.25, 0.3) is 0 Å². The monoisotopic (exact) mass is 1060 g/mol. The highest BCUT2D eigenvalue weighted by Crippen LogP contribution is 2.24. The molecule has 1 rings (SSSR count). The van der Waals surface area contributed by atoms with Crippen molar-refractivity contribution in [2.45, 2.75) is 391 Å². The van der Waals surface area contributed by atoms with Crippen molar-refractivity contribution in [1.82, 2.24) is 5.32 Å². The van der Waals surface area contributed by atoms with Crippen LogP contribution in [0.2, 0.25) is 0 Å². The average Bonchev–Trinajstić information content (AvgIpc) is 3.41. The lowest BCUT2D eigenvalue weighted by molar-refractivity contribution is -0.302. The van der Waals surface area contributed by atoms with E-state index in [9.17, 15) is 30.3 Å². The molecule has 446 valence electrons. The van der Waals surface area contributed by atoms with Crippen LogP contribution in [0.4, 0.5) is 0 Å². The predicted octanol–water partition coefficient (Wildman–Crippen LogP) is 17.5. The zero-order chi connectivity index (χ0) is 54.3. The van der Waals surface area contributed by atoms with Crippen molar-refractivity contribution in [2.24, 2.45) is 0 Å². The first kappa shape index (κ1) is 71.9. The van der Waals surface area contributed by atoms with E-state index in [1.54, 1.807) is 0 Å². The Bertz CT molecular complexity index is 1190. The third-order valence-corrected chi connectivity index (χ3v) is 16.4. The molecular formula is C66H129NO8. The smallest absolute Gasteiger partial charge is 0.220 e. The second kappa shape index (κ2) is 56.2. The lowest BCUT2D eigenvalue weighted by atomic mass is 9.99. The van der Waals surface area contributed by atoms with E-state index in [4.69, 9.17) is 9.47 Å². The van der Waals surface area contributed by atoms with Crippen LogP contribution in [-0.4, -0.2) is 87.5 Å². The van der Waals surface area contributed by atoms with Gasteiger partial charge in [0.2, 0.25) is 5.91 Å². The number of unbranched alkanes of at least 4 members (excludes halogenated alkanes) is 47. The van der Waals surface area contributed by atoms with Crippen molar-refractivity contribution in [1.29, 1.82) is 0 Å². The molecule has 1 aliphatic heterocycles. The summed E-state index contributed by atoms with van der Waals surface area (Å²) in [5.41, 5.74) is 0. The van der Waals surface area contributed by atoms with Gasteiger partial charge in [0.05, 0.1) is 25.4 Å². The highest BCUT2D eigenvalue weighted by atomic mass is 16.7. The van der Waals surface area contributed by atoms with Crippen molar-refractivity contribution < 1.29 is 39.8 Å². The molecule has 0 aliphatic carbocycles. The quantitative estimate of drug-likeness (QED) is 0.0261. The van der Waals surface area contributed by atoms with E-state index in [0.29, 0.717) is 12.8 Å². The van der Waals surface area contributed by atoms with E-state index in [1.807, 2.05) is 0 Å². The molecule has 0 saturated carbocycles. The van der Waals surface area contributed by atoms with Gasteiger partial charge in [-0.1, -0.05) is 315 Å². The van der Waals surface area contributed by atoms with Gasteiger partial charge in [-0.25, -0.2) is 0 Å². The van der Waals surface area contributed by atoms with Crippen molar-refractivity contribution in [3.63, 3.8) is 0 Å². The average molecular weight is 1060 g/mol. The van der Waals surface area contributed by atoms with Gasteiger partial charge >= 0.3 is 0 Å². The van der Waals surface area contributed by atoms with E-state index in [1.165, 1.54) is 283 Å². The van der Waals surface area contributed by atoms with Gasteiger partial charge in [-0.05, 0) is 38.5 Å². The summed E-state index contributed by atoms with van der Waals surface area (Å²) in [5, 5.41) is 54.9. The second-order valence-corrected chi connectivity index (χ2v) is 23.6. The summed E-state index contributed by atoms with van der Waals surface area (Å²) in [6.07, 6.45) is 64.1. The maximum Gasteiger partial charge on any atom is 0.220 e. The molecule has 7 unspecified atom stereocenters. The van der Waals surface area contributed by atoms with E-state index < -0.39 is 49.5 Å². The number of amides is 1. The largest absolute Gasteiger partial charge is 0.394 e. The van der Waals surface area contributed by atoms with E-state index >= 15 is 0 Å². The molecule has 0 aromatic carbocycles. The summed E-state index contributed by atoms with van der Waals surface area (Å²) in [6, 6.07) is -0.719. The maximum atomic E-state index is 13.1. The third kappa shape index (κ3) is 45.4. The van der Waals surface area contributed by atoms with Crippen molar-refractivity contribution in [3.05, 3.63) is 12.2 Å². The van der Waals surface area contributed by atoms with Gasteiger partial charge in [-0.2, -0.15) is 0 Å². The minimum Gasteiger partial charge on any atom is -0.394 e. The lowest BCUT2D eigenvalue weighted by Gasteiger charge is -2.40. The number of carbonyl (C=O) groups is 1. The highest BCUT2D eigenvalue weighted by molar-refractivity contribution is 5.76. The topological polar surface area (TPSA) is 149 Å². The summed E-state index contributed by atoms with van der Waals surface area (Å²) in [6.45, 7) is 3.89. The maximum absolute atomic E-state index is 13.1. The normalized spacial score (nSPS) is 18.8. The Labute approximate surface area is 465 Å². The number of aliphatic hydroxyl groups excluding tert-OH is 5. The predicted molar refractivity (Wildman–Crippen MR) is 318 cm³/mol. The highest BCUT2D eigenvalue weighted by Gasteiger charge is 2.44. The molecule has 1 aliphatic rings. The van der Waals surface area contributed by atoms with E-state index in [-0.39, 0.29) is 12.5 Å². The van der Waals surface area contributed by atoms with Crippen LogP contribution in [0.25, 0.3) is 0 Å². The Hall–Kier alpha value is -1.07. The zero-order valence-electron chi connectivity index (χ0n) is 49.8. The minimum atomic E-state index is -1.55. The van der Waals surface area contributed by atoms with Crippen molar-refractivity contribution in [2.75, 3.05) is 13.2 Å². The number of aliphatic hydroxyl groups is 5. The van der Waals surface area contributed by atoms with Gasteiger partial charge in [0.1, 0.15) is 24.4 Å². The lowest BCUT2D eigenvalue weighted by Crippen LogP contribution is -2.60. The van der Waals surface area contributed by atoms with Gasteiger partial charge in [0.15, 0.2) is 6.29 Å². The molecule has 0 spiro atoms. The Morgan fingerprint density at radius 1 is 0.440 bits per heavy atom. The Balaban J connectivity index is 2.11. The van der Waals surface area contributed by atoms with Crippen LogP contribution in [-0.2, 0) is 14.3 Å². The van der Waals surface area contributed by atoms with Crippen LogP contribution in [0.15, 0.2) is 12.2 Å². The number of hydrogen-bond acceptors (Lipinski definition) is 8. The van der Waals surface area contributed by atoms with Crippen LogP contribution in [0.3, 0.4) is 0 Å². The molecule has 7 atom stereocenters. The molecule has 1 heterocycles. The summed E-state index contributed by atoms with van der Waals surface area (Å²) in [5.74, 6) is -0.140. The van der Waals surface area contributed by atoms with Crippen molar-refractivity contribution in [3.8, 4) is 0 Å². The molecule has 6 N–H and O–H groups in total. The SMILES string of the molecule is CCCCCCCCCC/C=C\CCCCCCCCCCCC(=O)NC(COC1OC(CO)C(O)C(O)C1O)C(O)CCCCCCCCCCCCCCCCCCCCCCCCCCCCCCCCC. The summed E-state index contributed by atoms with van der Waals surface area (Å²) in [7, 11) is 0. The number of rotatable bonds is 59. The Morgan fingerprint density at radius 3 is 1.08 bits per heavy atom. The molecule has 75 heavy (non-hydrogen) atoms. The number of hydrogen-bond donors (Lipinski definition) is 6. The zero-order valence-corrected chi connectivity index (χ0v) is 49.8. The van der Waals surface area contributed by atoms with Gasteiger partial charge in [0, 0.05) is 6.42 Å². The number of allylic oxidation sites excluding steroid dienone is 2. The molecule has 1 amide bonds. The van der Waals surface area contributed by atoms with Gasteiger partial charge in [-0.15, -0.1) is 0 Å². The fraction of sp³-hybridized carbons (Fsp3) is 0.955. The molecule has 9 nitrogen and oxygen atoms in total. The Morgan fingerprint density at radius 2 is 0.747 bits per heavy atom. The number of nitrogens with one attached hydrogen (secondary N) is 1. The molecule has 0 aromatic rings. The van der Waals surface area contributed by atoms with E-state index in [2.05, 4.69) is 31.3 Å². The molecule has 0 aromatic heterocycles. The molecule has 0 bridgehead atoms. The molecule has 1 saturated heterocycles. The van der Waals surface area contributed by atoms with Gasteiger partial charge < -0.3 is 40.3 Å². The van der Waals surface area contributed by atoms with Gasteiger partial charge in [-0.3, -0.25) is 4.79 Å². The third-order valence-electron chi connectivity index (χ3n) is 16.4. The van der Waals surface area contributed by atoms with Crippen LogP contribution < -0.4 is 5.32 Å². The van der Waals surface area contributed by atoms with Crippen LogP contribution in [0.1, 0.15) is 348 Å². The van der Waals surface area contributed by atoms with Crippen LogP contribution in [0.5, 0.6) is 0 Å². The standard InChI is InChI=1S/C66H129NO8/c1-3-5-7-9-11-13-15-17-19-21-23-25-26-27-28-29-30-31-32-33-34-36-37-39-41-43-45-47-49-51-53-55-60(69)59(58-74-66-65(73)64(72)63(71)61(57-68)75-66)67-62(70)56-54-52-50-48-46-44-42-40-38-35-24-22-20-18-16-14-12-10-8-6-4-2/h22,24,59-61,63-66,68-69,71-73H,3-21,23,25-58H2,1-2H3,(H,67,70)/b24-22-. The first-order valence-electron chi connectivity index (χ1n) is 33.4. The second-order valence-electron chi connectivity index (χ2n) is 23.6. The summed E-state index contributed by atoms with van der Waals surface area (Å²) < 4.78 is 11.4. The molecule has 1 fully saturated rings. The minimum absolute atomic E-state index is 0.134. The Kier molecular flexibility index (Phi) is 53.9. The van der Waals surface area contributed by atoms with Crippen LogP contribution in [0, 0.1) is 0 Å². The van der Waals surface area contributed by atoms with E-state index in [0.717, 1.165) is 38.5 Å². The van der Waals surface area contributed by atoms with Crippen LogP contribution >= 0.6 is 0 Å². The first-order chi connectivity index (χ1) is 36.8. The molecule has 9 heteroatoms. The number of ether oxygens (including phenoxy) is 2. The summed E-state index contributed by atoms with van der Waals surface area (Å²) in [4.78, 5) is 13.1. The molecular weight excluding hydrogens is 935 g/mol. The van der Waals surface area contributed by atoms with Crippen molar-refractivity contribution >= 4 is 5.91 Å². The molecule has 0 radical (unpaired) electrons. The fourth-order valence-corrected chi connectivity index (χ4v) is 11.1. The number of carbonyl (C=O) groups excluding carboxylic acids is 1.